The first-order valence-corrected chi connectivity index (χ1v) is 6.39. The molecule has 0 spiro atoms. The molecule has 0 aromatic rings. The molecule has 0 N–H and O–H groups in total. The number of nitrogens with zero attached hydrogens (tertiary/aromatic N) is 2. The molecule has 0 aliphatic heterocycles. The molecule has 4 heteroatoms. The molecule has 3 rings (SSSR count). The monoisotopic (exact) mass is 222 g/mol. The topological polar surface area (TPSA) is 58.9 Å². The van der Waals surface area contributed by atoms with Crippen molar-refractivity contribution in [2.24, 2.45) is 21.2 Å². The average Bonchev–Trinajstić information content (AvgIpc) is 2.77. The van der Waals surface area contributed by atoms with Crippen molar-refractivity contribution in [1.82, 2.24) is 0 Å². The van der Waals surface area contributed by atoms with Gasteiger partial charge in [-0.2, -0.15) is 9.81 Å². The van der Waals surface area contributed by atoms with Crippen LogP contribution in [0.2, 0.25) is 0 Å². The number of hydrogen-bond acceptors (Lipinski definition) is 4. The van der Waals surface area contributed by atoms with Gasteiger partial charge in [-0.1, -0.05) is 23.2 Å². The van der Waals surface area contributed by atoms with Crippen LogP contribution in [0.15, 0.2) is 10.4 Å². The zero-order valence-corrected chi connectivity index (χ0v) is 9.52. The van der Waals surface area contributed by atoms with Gasteiger partial charge in [0.05, 0.1) is 12.1 Å². The summed E-state index contributed by atoms with van der Waals surface area (Å²) in [7, 11) is 0. The van der Waals surface area contributed by atoms with Gasteiger partial charge in [-0.3, -0.25) is 0 Å². The highest BCUT2D eigenvalue weighted by Gasteiger charge is 2.64. The summed E-state index contributed by atoms with van der Waals surface area (Å²) in [5, 5.41) is 6.55. The molecule has 0 atom stereocenters. The molecule has 4 nitrogen and oxygen atoms in total. The van der Waals surface area contributed by atoms with E-state index >= 15 is 0 Å². The Morgan fingerprint density at radius 2 is 1.12 bits per heavy atom. The maximum atomic E-state index is 10.8. The molecule has 0 bridgehead atoms. The summed E-state index contributed by atoms with van der Waals surface area (Å²) in [4.78, 5) is 21.6. The maximum Gasteiger partial charge on any atom is 0.0930 e. The van der Waals surface area contributed by atoms with Crippen molar-refractivity contribution in [2.45, 2.75) is 63.5 Å². The molecular formula is C12H18N2O2. The minimum atomic E-state index is 0.00528. The molecule has 0 amide bonds. The highest BCUT2D eigenvalue weighted by molar-refractivity contribution is 5.15. The Morgan fingerprint density at radius 1 is 0.750 bits per heavy atom. The molecule has 0 aromatic heterocycles. The van der Waals surface area contributed by atoms with Crippen molar-refractivity contribution >= 4 is 0 Å². The fourth-order valence-corrected chi connectivity index (χ4v) is 5.00. The summed E-state index contributed by atoms with van der Waals surface area (Å²) < 4.78 is 0. The van der Waals surface area contributed by atoms with Gasteiger partial charge in [0, 0.05) is 0 Å². The van der Waals surface area contributed by atoms with Gasteiger partial charge in [0.25, 0.3) is 0 Å². The molecule has 0 saturated heterocycles. The zero-order valence-electron chi connectivity index (χ0n) is 9.52. The average molecular weight is 222 g/mol. The second-order valence-electron chi connectivity index (χ2n) is 6.10. The Kier molecular flexibility index (Phi) is 2.17. The van der Waals surface area contributed by atoms with E-state index < -0.39 is 0 Å². The number of hydrogen-bond donors (Lipinski definition) is 0. The van der Waals surface area contributed by atoms with Gasteiger partial charge in [-0.25, -0.2) is 0 Å². The van der Waals surface area contributed by atoms with Crippen molar-refractivity contribution in [1.29, 1.82) is 0 Å². The number of nitroso groups, excluding NO2 is 2. The van der Waals surface area contributed by atoms with Crippen LogP contribution in [0.1, 0.15) is 51.4 Å². The van der Waals surface area contributed by atoms with E-state index in [0.29, 0.717) is 0 Å². The molecule has 0 aromatic carbocycles. The number of rotatable bonds is 2. The van der Waals surface area contributed by atoms with Crippen molar-refractivity contribution in [2.75, 3.05) is 0 Å². The molecule has 3 saturated carbocycles. The maximum absolute atomic E-state index is 10.8. The molecular weight excluding hydrogens is 204 g/mol. The summed E-state index contributed by atoms with van der Waals surface area (Å²) in [5.74, 6) is 0. The first-order chi connectivity index (χ1) is 7.74. The Balaban J connectivity index is 1.95. The van der Waals surface area contributed by atoms with Gasteiger partial charge in [0.15, 0.2) is 0 Å². The van der Waals surface area contributed by atoms with Crippen molar-refractivity contribution < 1.29 is 0 Å². The van der Waals surface area contributed by atoms with Gasteiger partial charge >= 0.3 is 0 Å². The van der Waals surface area contributed by atoms with E-state index in [1.54, 1.807) is 0 Å². The predicted octanol–water partition coefficient (Wildman–Crippen LogP) is 3.39. The molecule has 0 unspecified atom stereocenters. The Bertz CT molecular complexity index is 285. The van der Waals surface area contributed by atoms with Crippen LogP contribution in [0.3, 0.4) is 0 Å². The Hall–Kier alpha value is -0.800. The van der Waals surface area contributed by atoms with Crippen LogP contribution >= 0.6 is 0 Å². The second-order valence-corrected chi connectivity index (χ2v) is 6.10. The first-order valence-electron chi connectivity index (χ1n) is 6.39. The minimum absolute atomic E-state index is 0.00528. The van der Waals surface area contributed by atoms with Crippen molar-refractivity contribution in [3.8, 4) is 0 Å². The van der Waals surface area contributed by atoms with E-state index in [1.165, 1.54) is 25.7 Å². The fraction of sp³-hybridized carbons (Fsp3) is 1.00. The van der Waals surface area contributed by atoms with E-state index in [0.717, 1.165) is 25.7 Å². The van der Waals surface area contributed by atoms with E-state index in [1.807, 2.05) is 0 Å². The van der Waals surface area contributed by atoms with E-state index in [-0.39, 0.29) is 22.9 Å². The molecule has 0 heterocycles. The van der Waals surface area contributed by atoms with Crippen LogP contribution in [0.4, 0.5) is 0 Å². The molecule has 16 heavy (non-hydrogen) atoms. The summed E-state index contributed by atoms with van der Waals surface area (Å²) in [6.45, 7) is 0. The molecule has 3 fully saturated rings. The van der Waals surface area contributed by atoms with E-state index in [2.05, 4.69) is 10.4 Å². The standard InChI is InChI=1S/C12H18N2O2/c15-13-9-5-11-3-1-2-4-12(11,7-9)8-10(6-11)14-16/h9-10H,1-8H2. The molecule has 3 aliphatic carbocycles. The third-order valence-corrected chi connectivity index (χ3v) is 5.49. The third-order valence-electron chi connectivity index (χ3n) is 5.49. The fourth-order valence-electron chi connectivity index (χ4n) is 5.00. The van der Waals surface area contributed by atoms with Crippen LogP contribution in [-0.4, -0.2) is 12.1 Å². The molecule has 3 aliphatic rings. The van der Waals surface area contributed by atoms with Crippen molar-refractivity contribution in [3.05, 3.63) is 9.81 Å². The van der Waals surface area contributed by atoms with Gasteiger partial charge in [0.1, 0.15) is 0 Å². The van der Waals surface area contributed by atoms with Crippen LogP contribution in [-0.2, 0) is 0 Å². The van der Waals surface area contributed by atoms with E-state index in [9.17, 15) is 9.81 Å². The summed E-state index contributed by atoms with van der Waals surface area (Å²) >= 11 is 0. The zero-order chi connectivity index (χ0) is 11.2. The van der Waals surface area contributed by atoms with Gasteiger partial charge in [-0.15, -0.1) is 0 Å². The second kappa shape index (κ2) is 3.34. The highest BCUT2D eigenvalue weighted by atomic mass is 16.3. The quantitative estimate of drug-likeness (QED) is 0.672. The van der Waals surface area contributed by atoms with Gasteiger partial charge in [0.2, 0.25) is 0 Å². The summed E-state index contributed by atoms with van der Waals surface area (Å²) in [6, 6.07) is 0.0106. The Morgan fingerprint density at radius 3 is 1.44 bits per heavy atom. The lowest BCUT2D eigenvalue weighted by molar-refractivity contribution is 0.0520. The SMILES string of the molecule is O=NC1CC23CCCCC2(C1)CC(N=O)C3. The van der Waals surface area contributed by atoms with Gasteiger partial charge < -0.3 is 0 Å². The molecule has 0 radical (unpaired) electrons. The van der Waals surface area contributed by atoms with Gasteiger partial charge in [-0.05, 0) is 49.4 Å². The first kappa shape index (κ1) is 10.4. The normalized spacial score (nSPS) is 50.8. The van der Waals surface area contributed by atoms with Crippen molar-refractivity contribution in [3.63, 3.8) is 0 Å². The lowest BCUT2D eigenvalue weighted by Crippen LogP contribution is -2.35. The lowest BCUT2D eigenvalue weighted by atomic mass is 9.60. The van der Waals surface area contributed by atoms with Crippen LogP contribution in [0.25, 0.3) is 0 Å². The van der Waals surface area contributed by atoms with Crippen LogP contribution in [0, 0.1) is 20.6 Å². The van der Waals surface area contributed by atoms with E-state index in [4.69, 9.17) is 0 Å². The smallest absolute Gasteiger partial charge is 0.0930 e. The summed E-state index contributed by atoms with van der Waals surface area (Å²) in [6.07, 6.45) is 8.55. The van der Waals surface area contributed by atoms with Crippen LogP contribution < -0.4 is 0 Å². The Labute approximate surface area is 95.1 Å². The van der Waals surface area contributed by atoms with Crippen LogP contribution in [0.5, 0.6) is 0 Å². The largest absolute Gasteiger partial charge is 0.151 e. The highest BCUT2D eigenvalue weighted by Crippen LogP contribution is 2.69. The predicted molar refractivity (Wildman–Crippen MR) is 61.0 cm³/mol. The third kappa shape index (κ3) is 1.16. The minimum Gasteiger partial charge on any atom is -0.151 e. The molecule has 88 valence electrons. The lowest BCUT2D eigenvalue weighted by Gasteiger charge is -2.44. The summed E-state index contributed by atoms with van der Waals surface area (Å²) in [5.41, 5.74) is 0.477.